The van der Waals surface area contributed by atoms with Crippen molar-refractivity contribution in [1.29, 1.82) is 0 Å². The largest absolute Gasteiger partial charge is 0.383 e. The molecule has 0 saturated heterocycles. The standard InChI is InChI=1S/C10H13ClN2/c1-6-5-13-10-7(9(6)12)3-2-4-8(10)11/h2-4,6,9,13H,5,12H2,1H3. The van der Waals surface area contributed by atoms with E-state index < -0.39 is 0 Å². The van der Waals surface area contributed by atoms with Crippen molar-refractivity contribution in [3.05, 3.63) is 28.8 Å². The monoisotopic (exact) mass is 196 g/mol. The van der Waals surface area contributed by atoms with Crippen LogP contribution in [0.4, 0.5) is 5.69 Å². The Morgan fingerprint density at radius 2 is 2.31 bits per heavy atom. The van der Waals surface area contributed by atoms with Gasteiger partial charge in [0.2, 0.25) is 0 Å². The van der Waals surface area contributed by atoms with Crippen LogP contribution in [0.5, 0.6) is 0 Å². The summed E-state index contributed by atoms with van der Waals surface area (Å²) in [4.78, 5) is 0. The number of para-hydroxylation sites is 1. The molecule has 2 nitrogen and oxygen atoms in total. The maximum Gasteiger partial charge on any atom is 0.0640 e. The molecule has 0 aliphatic carbocycles. The highest BCUT2D eigenvalue weighted by Crippen LogP contribution is 2.36. The van der Waals surface area contributed by atoms with Crippen LogP contribution in [0.3, 0.4) is 0 Å². The summed E-state index contributed by atoms with van der Waals surface area (Å²) >= 11 is 6.04. The number of fused-ring (bicyclic) bond motifs is 1. The second-order valence-electron chi connectivity index (χ2n) is 3.59. The van der Waals surface area contributed by atoms with Crippen LogP contribution in [0.25, 0.3) is 0 Å². The number of rotatable bonds is 0. The van der Waals surface area contributed by atoms with Gasteiger partial charge in [0.1, 0.15) is 0 Å². The maximum atomic E-state index is 6.06. The Morgan fingerprint density at radius 3 is 3.08 bits per heavy atom. The van der Waals surface area contributed by atoms with E-state index in [1.807, 2.05) is 18.2 Å². The van der Waals surface area contributed by atoms with E-state index in [4.69, 9.17) is 17.3 Å². The van der Waals surface area contributed by atoms with E-state index in [-0.39, 0.29) is 6.04 Å². The minimum atomic E-state index is 0.106. The van der Waals surface area contributed by atoms with Gasteiger partial charge in [-0.2, -0.15) is 0 Å². The summed E-state index contributed by atoms with van der Waals surface area (Å²) in [6, 6.07) is 5.97. The summed E-state index contributed by atoms with van der Waals surface area (Å²) in [5.74, 6) is 0.464. The van der Waals surface area contributed by atoms with Gasteiger partial charge in [0.25, 0.3) is 0 Å². The van der Waals surface area contributed by atoms with Gasteiger partial charge >= 0.3 is 0 Å². The number of hydrogen-bond acceptors (Lipinski definition) is 2. The van der Waals surface area contributed by atoms with Crippen LogP contribution >= 0.6 is 11.6 Å². The summed E-state index contributed by atoms with van der Waals surface area (Å²) in [5.41, 5.74) is 8.20. The van der Waals surface area contributed by atoms with Gasteiger partial charge in [-0.3, -0.25) is 0 Å². The Labute approximate surface area is 83.1 Å². The Morgan fingerprint density at radius 1 is 1.54 bits per heavy atom. The summed E-state index contributed by atoms with van der Waals surface area (Å²) < 4.78 is 0. The third-order valence-corrected chi connectivity index (χ3v) is 2.93. The first-order valence-corrected chi connectivity index (χ1v) is 4.86. The Bertz CT molecular complexity index is 325. The lowest BCUT2D eigenvalue weighted by Crippen LogP contribution is -2.30. The van der Waals surface area contributed by atoms with Gasteiger partial charge in [-0.15, -0.1) is 0 Å². The molecule has 2 atom stereocenters. The van der Waals surface area contributed by atoms with Crippen molar-refractivity contribution in [2.75, 3.05) is 11.9 Å². The molecule has 1 heterocycles. The average Bonchev–Trinajstić information content (AvgIpc) is 2.12. The molecule has 0 aromatic heterocycles. The van der Waals surface area contributed by atoms with Crippen molar-refractivity contribution >= 4 is 17.3 Å². The lowest BCUT2D eigenvalue weighted by Gasteiger charge is -2.30. The molecule has 13 heavy (non-hydrogen) atoms. The molecule has 0 radical (unpaired) electrons. The van der Waals surface area contributed by atoms with E-state index >= 15 is 0 Å². The van der Waals surface area contributed by atoms with Crippen molar-refractivity contribution in [2.45, 2.75) is 13.0 Å². The van der Waals surface area contributed by atoms with Gasteiger partial charge in [0.15, 0.2) is 0 Å². The zero-order valence-electron chi connectivity index (χ0n) is 7.55. The molecule has 3 heteroatoms. The molecule has 1 aromatic carbocycles. The van der Waals surface area contributed by atoms with E-state index in [9.17, 15) is 0 Å². The predicted molar refractivity (Wildman–Crippen MR) is 56.0 cm³/mol. The summed E-state index contributed by atoms with van der Waals surface area (Å²) in [6.45, 7) is 3.04. The molecule has 1 aromatic rings. The minimum Gasteiger partial charge on any atom is -0.383 e. The van der Waals surface area contributed by atoms with Crippen molar-refractivity contribution in [3.8, 4) is 0 Å². The average molecular weight is 197 g/mol. The van der Waals surface area contributed by atoms with E-state index in [1.165, 1.54) is 0 Å². The third kappa shape index (κ3) is 1.40. The smallest absolute Gasteiger partial charge is 0.0640 e. The summed E-state index contributed by atoms with van der Waals surface area (Å²) in [5, 5.41) is 4.06. The highest BCUT2D eigenvalue weighted by Gasteiger charge is 2.23. The number of benzene rings is 1. The zero-order valence-corrected chi connectivity index (χ0v) is 8.31. The minimum absolute atomic E-state index is 0.106. The second-order valence-corrected chi connectivity index (χ2v) is 4.00. The highest BCUT2D eigenvalue weighted by molar-refractivity contribution is 6.33. The topological polar surface area (TPSA) is 38.0 Å². The summed E-state index contributed by atoms with van der Waals surface area (Å²) in [6.07, 6.45) is 0. The SMILES string of the molecule is CC1CNc2c(Cl)cccc2C1N. The lowest BCUT2D eigenvalue weighted by molar-refractivity contribution is 0.479. The van der Waals surface area contributed by atoms with Gasteiger partial charge < -0.3 is 11.1 Å². The molecule has 0 fully saturated rings. The Hall–Kier alpha value is -0.730. The molecule has 2 rings (SSSR count). The fourth-order valence-electron chi connectivity index (χ4n) is 1.70. The first-order chi connectivity index (χ1) is 6.20. The zero-order chi connectivity index (χ0) is 9.42. The van der Waals surface area contributed by atoms with Crippen molar-refractivity contribution in [3.63, 3.8) is 0 Å². The fourth-order valence-corrected chi connectivity index (χ4v) is 1.95. The van der Waals surface area contributed by atoms with Crippen LogP contribution in [0, 0.1) is 5.92 Å². The van der Waals surface area contributed by atoms with Crippen LogP contribution in [-0.2, 0) is 0 Å². The van der Waals surface area contributed by atoms with Gasteiger partial charge in [-0.25, -0.2) is 0 Å². The van der Waals surface area contributed by atoms with Crippen LogP contribution in [0.15, 0.2) is 18.2 Å². The lowest BCUT2D eigenvalue weighted by atomic mass is 9.90. The number of anilines is 1. The quantitative estimate of drug-likeness (QED) is 0.669. The predicted octanol–water partition coefficient (Wildman–Crippen LogP) is 2.40. The first kappa shape index (κ1) is 8.85. The fraction of sp³-hybridized carbons (Fsp3) is 0.400. The molecule has 1 aliphatic rings. The third-order valence-electron chi connectivity index (χ3n) is 2.62. The first-order valence-electron chi connectivity index (χ1n) is 4.48. The Kier molecular flexibility index (Phi) is 2.18. The normalized spacial score (nSPS) is 26.4. The van der Waals surface area contributed by atoms with Crippen LogP contribution < -0.4 is 11.1 Å². The molecule has 2 unspecified atom stereocenters. The number of hydrogen-bond donors (Lipinski definition) is 2. The molecular weight excluding hydrogens is 184 g/mol. The van der Waals surface area contributed by atoms with Crippen molar-refractivity contribution in [2.24, 2.45) is 11.7 Å². The van der Waals surface area contributed by atoms with Gasteiger partial charge in [0, 0.05) is 12.6 Å². The maximum absolute atomic E-state index is 6.06. The number of nitrogens with two attached hydrogens (primary N) is 1. The molecular formula is C10H13ClN2. The van der Waals surface area contributed by atoms with E-state index in [0.29, 0.717) is 5.92 Å². The van der Waals surface area contributed by atoms with Crippen molar-refractivity contribution < 1.29 is 0 Å². The van der Waals surface area contributed by atoms with Gasteiger partial charge in [-0.1, -0.05) is 30.7 Å². The Balaban J connectivity index is 2.49. The molecule has 0 amide bonds. The number of halogens is 1. The molecule has 1 aliphatic heterocycles. The highest BCUT2D eigenvalue weighted by atomic mass is 35.5. The van der Waals surface area contributed by atoms with Crippen LogP contribution in [-0.4, -0.2) is 6.54 Å². The molecule has 0 spiro atoms. The van der Waals surface area contributed by atoms with Crippen molar-refractivity contribution in [1.82, 2.24) is 0 Å². The summed E-state index contributed by atoms with van der Waals surface area (Å²) in [7, 11) is 0. The van der Waals surface area contributed by atoms with Gasteiger partial charge in [-0.05, 0) is 17.5 Å². The molecule has 0 saturated carbocycles. The molecule has 70 valence electrons. The number of nitrogens with one attached hydrogen (secondary N) is 1. The van der Waals surface area contributed by atoms with E-state index in [2.05, 4.69) is 12.2 Å². The van der Waals surface area contributed by atoms with E-state index in [0.717, 1.165) is 22.8 Å². The van der Waals surface area contributed by atoms with Crippen LogP contribution in [0.2, 0.25) is 5.02 Å². The van der Waals surface area contributed by atoms with Gasteiger partial charge in [0.05, 0.1) is 10.7 Å². The molecule has 0 bridgehead atoms. The molecule has 3 N–H and O–H groups in total. The van der Waals surface area contributed by atoms with E-state index in [1.54, 1.807) is 0 Å². The second kappa shape index (κ2) is 3.20. The van der Waals surface area contributed by atoms with Crippen LogP contribution in [0.1, 0.15) is 18.5 Å².